The van der Waals surface area contributed by atoms with Gasteiger partial charge in [0.1, 0.15) is 75.5 Å². The lowest BCUT2D eigenvalue weighted by atomic mass is 9.92. The number of hydrogen-bond acceptors (Lipinski definition) is 23. The van der Waals surface area contributed by atoms with Gasteiger partial charge in [0, 0.05) is 108 Å². The average molecular weight is 2080 g/mol. The number of amides is 4. The fourth-order valence-electron chi connectivity index (χ4n) is 8.50. The van der Waals surface area contributed by atoms with Gasteiger partial charge in [-0.05, 0) is 148 Å². The molecule has 43 heteroatoms. The molecule has 5 heterocycles. The number of aromatic nitrogens is 6. The maximum absolute atomic E-state index is 13.1. The second-order valence-corrected chi connectivity index (χ2v) is 30.4. The van der Waals surface area contributed by atoms with Crippen LogP contribution in [0.4, 0.5) is 61.0 Å². The van der Waals surface area contributed by atoms with E-state index in [-0.39, 0.29) is 79.8 Å². The lowest BCUT2D eigenvalue weighted by Gasteiger charge is -2.14. The van der Waals surface area contributed by atoms with Crippen molar-refractivity contribution >= 4 is 270 Å². The summed E-state index contributed by atoms with van der Waals surface area (Å²) in [4.78, 5) is 84.5. The molecule has 0 bridgehead atoms. The summed E-state index contributed by atoms with van der Waals surface area (Å²) in [6.45, 7) is 6.08. The highest BCUT2D eigenvalue weighted by Gasteiger charge is 2.24. The average Bonchev–Trinajstić information content (AvgIpc) is 1.69. The predicted octanol–water partition coefficient (Wildman–Crippen LogP) is 22.0. The summed E-state index contributed by atoms with van der Waals surface area (Å²) in [5.74, 6) is 3.61. The molecule has 0 atom stereocenters. The van der Waals surface area contributed by atoms with Gasteiger partial charge in [-0.15, -0.1) is 52.3 Å². The molecule has 0 spiro atoms. The number of hydrogen-bond donors (Lipinski definition) is 7. The van der Waals surface area contributed by atoms with Gasteiger partial charge in [0.15, 0.2) is 0 Å². The molecule has 0 aliphatic carbocycles. The largest absolute Gasteiger partial charge is 0.497 e. The number of nitro groups is 2. The van der Waals surface area contributed by atoms with Gasteiger partial charge in [-0.25, -0.2) is 33.8 Å². The number of nitrogen functional groups attached to an aromatic ring is 3. The standard InChI is InChI=1S/C30H32Cl2N6O4S.C15H15Cl2N3O2S.C12H9Cl2N3O2S.C6H7BrN2.C6H2Cl2FNO2.C3H5ClO2.CH3I.BrH/c1-30(2,3)23-15-25(38(37-23)19-6-8-20(42-5)9-7-19)36-29(40)34-21-10-11-22(28(32)27(21)31)43-17-18-12-13-33-24(14-18)35-26(39)16-41-4;1-22-7-13(21)20-12-6-9(4-5-19-12)8-23-11-3-2-10(18)14(16)15(11)17;13-11-8(17(18)19)1-2-9(12(11)14)20-6-7-3-4-16-10(15)5-7;7-4-5-1-2-9-6(8)3-5;7-5-3(9)1-2-4(6(5)8)10(11)12;1-6-2-3(4)5;1-2;/h6-15H,16-17H2,1-5H3,(H,33,35,39)(H2,34,36,40);2-6H,7-8,18H2,1H3,(H,19,20,21);1-5H,6H2,(H2,15,16);1-3H,4H2,(H2,8,9);1-2H;2H2,1H3;1H3;1H/i;;;;;;1D;. The highest BCUT2D eigenvalue weighted by Crippen LogP contribution is 2.43. The summed E-state index contributed by atoms with van der Waals surface area (Å²) in [5.41, 5.74) is 22.3. The summed E-state index contributed by atoms with van der Waals surface area (Å²) < 4.78 is 39.6. The first-order chi connectivity index (χ1) is 55.0. The maximum Gasteiger partial charge on any atom is 0.324 e. The van der Waals surface area contributed by atoms with Gasteiger partial charge in [0.25, 0.3) is 23.2 Å². The van der Waals surface area contributed by atoms with Gasteiger partial charge in [-0.2, -0.15) is 5.10 Å². The number of nitrogens with zero attached hydrogens (tertiary/aromatic N) is 8. The number of carbonyl (C=O) groups is 4. The van der Waals surface area contributed by atoms with Crippen molar-refractivity contribution in [2.24, 2.45) is 0 Å². The van der Waals surface area contributed by atoms with Gasteiger partial charge in [0.2, 0.25) is 5.24 Å². The Hall–Kier alpha value is -7.05. The first-order valence-electron chi connectivity index (χ1n) is 33.0. The number of halogens is 13. The summed E-state index contributed by atoms with van der Waals surface area (Å²) in [6.07, 6.45) is 6.57. The van der Waals surface area contributed by atoms with Crippen LogP contribution in [0.1, 0.15) is 50.1 Å². The SMILES string of the molecule is Br.COCC(=O)Cl.COCC(=O)Nc1cc(CSc2ccc(N)c(Cl)c2Cl)ccn1.COCC(=O)Nc1cc(CSc2ccc(NC(=O)Nc3cc(C(C)(C)C)nn3-c3ccc(OC)cc3)c(Cl)c2Cl)ccn1.Nc1cc(CBr)ccn1.Nc1cc(CSc2ccc([N+](=O)[O-])c(Cl)c2Cl)ccn1.O=[N+]([O-])c1ccc(F)c(Cl)c1Cl.[2H]CI. The van der Waals surface area contributed by atoms with Crippen LogP contribution < -0.4 is 43.2 Å². The Labute approximate surface area is 759 Å². The molecular weight excluding hydrogens is 2000 g/mol. The molecule has 0 aliphatic rings. The van der Waals surface area contributed by atoms with E-state index in [4.69, 9.17) is 142 Å². The molecule has 0 unspecified atom stereocenters. The summed E-state index contributed by atoms with van der Waals surface area (Å²) >= 11 is 62.5. The number of nitrogens with two attached hydrogens (primary N) is 3. The highest BCUT2D eigenvalue weighted by atomic mass is 127. The second-order valence-electron chi connectivity index (χ2n) is 23.3. The van der Waals surface area contributed by atoms with E-state index in [2.05, 4.69) is 61.9 Å². The lowest BCUT2D eigenvalue weighted by molar-refractivity contribution is -0.384. The number of carbonyl (C=O) groups excluding carboxylic acids is 4. The van der Waals surface area contributed by atoms with E-state index in [0.717, 1.165) is 60.9 Å². The van der Waals surface area contributed by atoms with Crippen LogP contribution in [0.3, 0.4) is 0 Å². The van der Waals surface area contributed by atoms with Crippen LogP contribution in [0.15, 0.2) is 167 Å². The first kappa shape index (κ1) is 101. The van der Waals surface area contributed by atoms with Crippen LogP contribution in [0, 0.1) is 26.0 Å². The lowest BCUT2D eigenvalue weighted by Crippen LogP contribution is -2.21. The van der Waals surface area contributed by atoms with Crippen molar-refractivity contribution in [2.45, 2.75) is 63.5 Å². The van der Waals surface area contributed by atoms with Crippen LogP contribution in [0.5, 0.6) is 5.75 Å². The molecule has 0 saturated heterocycles. The smallest absolute Gasteiger partial charge is 0.324 e. The van der Waals surface area contributed by atoms with Gasteiger partial charge in [-0.3, -0.25) is 39.9 Å². The Kier molecular flexibility index (Phi) is 46.7. The van der Waals surface area contributed by atoms with Crippen molar-refractivity contribution < 1.29 is 53.7 Å². The molecule has 0 fully saturated rings. The van der Waals surface area contributed by atoms with Crippen molar-refractivity contribution in [2.75, 3.05) is 91.6 Å². The molecule has 27 nitrogen and oxygen atoms in total. The molecule has 5 aromatic carbocycles. The maximum atomic E-state index is 13.1. The van der Waals surface area contributed by atoms with Crippen LogP contribution in [-0.4, -0.2) is 116 Å². The number of thioether (sulfide) groups is 3. The fourth-order valence-corrected chi connectivity index (χ4v) is 13.8. The second kappa shape index (κ2) is 53.5. The monoisotopic (exact) mass is 2070 g/mol. The highest BCUT2D eigenvalue weighted by molar-refractivity contribution is 14.1. The van der Waals surface area contributed by atoms with Crippen LogP contribution in [0.25, 0.3) is 5.69 Å². The first-order valence-corrected chi connectivity index (χ1v) is 41.3. The molecule has 10 N–H and O–H groups in total. The van der Waals surface area contributed by atoms with Crippen molar-refractivity contribution in [3.05, 3.63) is 246 Å². The number of ether oxygens (including phenoxy) is 4. The Bertz CT molecular complexity index is 4980. The van der Waals surface area contributed by atoms with Crippen molar-refractivity contribution in [3.8, 4) is 11.4 Å². The van der Waals surface area contributed by atoms with Crippen molar-refractivity contribution in [1.82, 2.24) is 29.7 Å². The van der Waals surface area contributed by atoms with Gasteiger partial charge < -0.3 is 52.1 Å². The number of pyridine rings is 4. The number of urea groups is 1. The Morgan fingerprint density at radius 3 is 1.41 bits per heavy atom. The molecule has 10 aromatic rings. The van der Waals surface area contributed by atoms with Gasteiger partial charge in [-0.1, -0.05) is 152 Å². The molecular formula is C73H74Br2Cl9FIN15O12S3. The van der Waals surface area contributed by atoms with Crippen LogP contribution >= 0.6 is 195 Å². The molecule has 0 radical (unpaired) electrons. The third kappa shape index (κ3) is 35.1. The molecule has 0 aliphatic heterocycles. The number of nitrogens with one attached hydrogen (secondary N) is 4. The van der Waals surface area contributed by atoms with E-state index >= 15 is 0 Å². The quantitative estimate of drug-likeness (QED) is 0.00432. The normalized spacial score (nSPS) is 10.4. The van der Waals surface area contributed by atoms with E-state index < -0.39 is 37.6 Å². The number of nitro benzene ring substituents is 2. The number of anilines is 7. The number of methoxy groups -OCH3 is 4. The molecule has 0 saturated carbocycles. The van der Waals surface area contributed by atoms with Crippen LogP contribution in [0.2, 0.25) is 40.2 Å². The molecule has 4 amide bonds. The van der Waals surface area contributed by atoms with Gasteiger partial charge >= 0.3 is 6.03 Å². The van der Waals surface area contributed by atoms with E-state index in [9.17, 15) is 43.8 Å². The predicted molar refractivity (Wildman–Crippen MR) is 486 cm³/mol. The minimum atomic E-state index is -0.771. The van der Waals surface area contributed by atoms with Crippen molar-refractivity contribution in [3.63, 3.8) is 0 Å². The van der Waals surface area contributed by atoms with E-state index in [1.54, 1.807) is 79.0 Å². The van der Waals surface area contributed by atoms with Gasteiger partial charge in [0.05, 0.1) is 64.8 Å². The number of alkyl halides is 2. The van der Waals surface area contributed by atoms with E-state index in [0.29, 0.717) is 88.3 Å². The fraction of sp³-hybridized carbons (Fsp3) is 0.219. The third-order valence-corrected chi connectivity index (χ3v) is 21.8. The minimum absolute atomic E-state index is 0. The molecule has 10 rings (SSSR count). The summed E-state index contributed by atoms with van der Waals surface area (Å²) in [5, 5.41) is 37.8. The number of rotatable bonds is 24. The summed E-state index contributed by atoms with van der Waals surface area (Å²) in [6, 6.07) is 35.2. The molecule has 5 aromatic heterocycles. The topological polar surface area (TPSA) is 387 Å². The third-order valence-electron chi connectivity index (χ3n) is 13.9. The zero-order valence-corrected chi connectivity index (χ0v) is 76.7. The van der Waals surface area contributed by atoms with E-state index in [1.807, 2.05) is 110 Å². The molecule has 622 valence electrons. The zero-order chi connectivity index (χ0) is 86.4. The minimum Gasteiger partial charge on any atom is -0.497 e. The zero-order valence-electron chi connectivity index (χ0n) is 63.0. The van der Waals surface area contributed by atoms with Crippen molar-refractivity contribution in [1.29, 1.82) is 0 Å². The summed E-state index contributed by atoms with van der Waals surface area (Å²) in [7, 11) is 5.93. The Balaban J connectivity index is 0.000000403. The van der Waals surface area contributed by atoms with E-state index in [1.165, 1.54) is 62.7 Å². The number of benzene rings is 5. The Morgan fingerprint density at radius 1 is 0.560 bits per heavy atom. The van der Waals surface area contributed by atoms with Crippen LogP contribution in [-0.2, 0) is 56.6 Å². The molecule has 116 heavy (non-hydrogen) atoms. The Morgan fingerprint density at radius 2 is 0.983 bits per heavy atom.